The van der Waals surface area contributed by atoms with E-state index in [0.717, 1.165) is 22.4 Å². The monoisotopic (exact) mass is 587 g/mol. The molecule has 2 heterocycles. The van der Waals surface area contributed by atoms with Gasteiger partial charge >= 0.3 is 0 Å². The zero-order valence-electron chi connectivity index (χ0n) is 21.7. The third-order valence-corrected chi connectivity index (χ3v) is 7.82. The molecule has 6 nitrogen and oxygen atoms in total. The highest BCUT2D eigenvalue weighted by Gasteiger charge is 2.33. The molecule has 0 bridgehead atoms. The van der Waals surface area contributed by atoms with Gasteiger partial charge in [0.1, 0.15) is 6.61 Å². The van der Waals surface area contributed by atoms with Crippen LogP contribution in [0.3, 0.4) is 0 Å². The summed E-state index contributed by atoms with van der Waals surface area (Å²) in [5.41, 5.74) is 3.69. The fraction of sp³-hybridized carbons (Fsp3) is 0.129. The number of amides is 1. The first-order chi connectivity index (χ1) is 19.5. The number of thiazole rings is 1. The molecule has 9 heteroatoms. The zero-order chi connectivity index (χ0) is 27.9. The third kappa shape index (κ3) is 6.65. The number of carbonyl (C=O) groups excluding carboxylic acids is 1. The fourth-order valence-electron chi connectivity index (χ4n) is 3.92. The first kappa shape index (κ1) is 27.7. The fourth-order valence-corrected chi connectivity index (χ4v) is 5.78. The molecule has 0 spiro atoms. The topological polar surface area (TPSA) is 64.0 Å². The quantitative estimate of drug-likeness (QED) is 0.138. The SMILES string of the molecule is C=CCN1C(=O)/C(=C/c2ccc(OCc3ccc(Cl)cc3)c(OCC)c2)S/C1=N/c1nc(-c2ccccc2)cs1. The predicted molar refractivity (Wildman–Crippen MR) is 166 cm³/mol. The molecule has 1 saturated heterocycles. The third-order valence-electron chi connectivity index (χ3n) is 5.83. The van der Waals surface area contributed by atoms with Crippen LogP contribution in [-0.4, -0.2) is 34.1 Å². The van der Waals surface area contributed by atoms with E-state index < -0.39 is 0 Å². The van der Waals surface area contributed by atoms with Crippen LogP contribution in [0.5, 0.6) is 11.5 Å². The standard InChI is InChI=1S/C31H26ClN3O3S2/c1-3-16-35-29(36)28(40-31(35)34-30-33-25(20-39-30)23-8-6-5-7-9-23)18-22-12-15-26(27(17-22)37-4-2)38-19-21-10-13-24(32)14-11-21/h3,5-15,17-18,20H,1,4,16,19H2,2H3/b28-18-,34-31+. The Morgan fingerprint density at radius 1 is 1.05 bits per heavy atom. The molecular weight excluding hydrogens is 562 g/mol. The number of carbonyl (C=O) groups is 1. The van der Waals surface area contributed by atoms with Crippen molar-refractivity contribution in [1.29, 1.82) is 0 Å². The molecule has 1 aliphatic rings. The van der Waals surface area contributed by atoms with Crippen molar-refractivity contribution in [3.8, 4) is 22.8 Å². The molecule has 0 saturated carbocycles. The summed E-state index contributed by atoms with van der Waals surface area (Å²) in [5.74, 6) is 1.09. The van der Waals surface area contributed by atoms with E-state index in [2.05, 4.69) is 11.6 Å². The second kappa shape index (κ2) is 13.0. The summed E-state index contributed by atoms with van der Waals surface area (Å²) in [6.45, 7) is 6.94. The molecule has 1 aromatic heterocycles. The Morgan fingerprint density at radius 2 is 1.85 bits per heavy atom. The van der Waals surface area contributed by atoms with Crippen LogP contribution in [0.1, 0.15) is 18.1 Å². The van der Waals surface area contributed by atoms with Crippen LogP contribution in [0.2, 0.25) is 5.02 Å². The molecule has 40 heavy (non-hydrogen) atoms. The highest BCUT2D eigenvalue weighted by atomic mass is 35.5. The molecule has 0 unspecified atom stereocenters. The highest BCUT2D eigenvalue weighted by Crippen LogP contribution is 2.37. The molecule has 1 amide bonds. The molecule has 4 aromatic rings. The normalized spacial score (nSPS) is 15.2. The number of nitrogens with zero attached hydrogens (tertiary/aromatic N) is 3. The largest absolute Gasteiger partial charge is 0.490 e. The molecular formula is C31H26ClN3O3S2. The van der Waals surface area contributed by atoms with Crippen LogP contribution in [0, 0.1) is 0 Å². The first-order valence-corrected chi connectivity index (χ1v) is 14.7. The second-order valence-electron chi connectivity index (χ2n) is 8.65. The van der Waals surface area contributed by atoms with Crippen molar-refractivity contribution in [2.24, 2.45) is 4.99 Å². The Bertz CT molecular complexity index is 1570. The van der Waals surface area contributed by atoms with Gasteiger partial charge in [0.15, 0.2) is 16.7 Å². The molecule has 1 aliphatic heterocycles. The highest BCUT2D eigenvalue weighted by molar-refractivity contribution is 8.18. The van der Waals surface area contributed by atoms with Gasteiger partial charge < -0.3 is 9.47 Å². The van der Waals surface area contributed by atoms with Crippen LogP contribution in [0.4, 0.5) is 5.13 Å². The molecule has 5 rings (SSSR count). The molecule has 0 aliphatic carbocycles. The first-order valence-electron chi connectivity index (χ1n) is 12.6. The lowest BCUT2D eigenvalue weighted by Crippen LogP contribution is -2.29. The second-order valence-corrected chi connectivity index (χ2v) is 10.9. The molecule has 3 aromatic carbocycles. The number of hydrogen-bond donors (Lipinski definition) is 0. The van der Waals surface area contributed by atoms with E-state index in [9.17, 15) is 4.79 Å². The van der Waals surface area contributed by atoms with Gasteiger partial charge in [-0.15, -0.1) is 17.9 Å². The summed E-state index contributed by atoms with van der Waals surface area (Å²) >= 11 is 8.74. The number of aliphatic imine (C=N–C) groups is 1. The number of thioether (sulfide) groups is 1. The van der Waals surface area contributed by atoms with E-state index in [4.69, 9.17) is 26.1 Å². The summed E-state index contributed by atoms with van der Waals surface area (Å²) in [6, 6.07) is 23.1. The van der Waals surface area contributed by atoms with Gasteiger partial charge in [-0.25, -0.2) is 4.98 Å². The number of halogens is 1. The average Bonchev–Trinajstić information content (AvgIpc) is 3.55. The Morgan fingerprint density at radius 3 is 2.60 bits per heavy atom. The van der Waals surface area contributed by atoms with Crippen molar-refractivity contribution in [2.75, 3.05) is 13.2 Å². The van der Waals surface area contributed by atoms with E-state index in [-0.39, 0.29) is 5.91 Å². The number of amidine groups is 1. The van der Waals surface area contributed by atoms with Gasteiger partial charge in [0.25, 0.3) is 5.91 Å². The summed E-state index contributed by atoms with van der Waals surface area (Å²) in [5, 5.41) is 3.80. The molecule has 1 fully saturated rings. The van der Waals surface area contributed by atoms with Crippen LogP contribution >= 0.6 is 34.7 Å². The minimum Gasteiger partial charge on any atom is -0.490 e. The number of ether oxygens (including phenoxy) is 2. The van der Waals surface area contributed by atoms with Crippen molar-refractivity contribution >= 4 is 57.0 Å². The lowest BCUT2D eigenvalue weighted by molar-refractivity contribution is -0.121. The zero-order valence-corrected chi connectivity index (χ0v) is 24.1. The van der Waals surface area contributed by atoms with Gasteiger partial charge in [-0.05, 0) is 60.2 Å². The van der Waals surface area contributed by atoms with Crippen LogP contribution in [-0.2, 0) is 11.4 Å². The summed E-state index contributed by atoms with van der Waals surface area (Å²) in [7, 11) is 0. The predicted octanol–water partition coefficient (Wildman–Crippen LogP) is 8.23. The van der Waals surface area contributed by atoms with Crippen molar-refractivity contribution in [3.63, 3.8) is 0 Å². The van der Waals surface area contributed by atoms with E-state index in [1.165, 1.54) is 23.1 Å². The van der Waals surface area contributed by atoms with Crippen molar-refractivity contribution < 1.29 is 14.3 Å². The van der Waals surface area contributed by atoms with Gasteiger partial charge in [0, 0.05) is 22.5 Å². The van der Waals surface area contributed by atoms with E-state index in [1.54, 1.807) is 11.0 Å². The molecule has 0 N–H and O–H groups in total. The average molecular weight is 588 g/mol. The van der Waals surface area contributed by atoms with E-state index in [1.807, 2.05) is 91.2 Å². The van der Waals surface area contributed by atoms with Gasteiger partial charge in [-0.3, -0.25) is 9.69 Å². The smallest absolute Gasteiger partial charge is 0.267 e. The maximum absolute atomic E-state index is 13.3. The molecule has 0 atom stereocenters. The molecule has 0 radical (unpaired) electrons. The van der Waals surface area contributed by atoms with Gasteiger partial charge in [-0.1, -0.05) is 66.2 Å². The minimum absolute atomic E-state index is 0.135. The lowest BCUT2D eigenvalue weighted by atomic mass is 10.1. The van der Waals surface area contributed by atoms with Gasteiger partial charge in [0.05, 0.1) is 17.2 Å². The van der Waals surface area contributed by atoms with E-state index in [0.29, 0.717) is 51.5 Å². The Hall–Kier alpha value is -3.85. The van der Waals surface area contributed by atoms with E-state index >= 15 is 0 Å². The Balaban J connectivity index is 1.37. The van der Waals surface area contributed by atoms with Crippen LogP contribution < -0.4 is 9.47 Å². The Labute approximate surface area is 246 Å². The summed E-state index contributed by atoms with van der Waals surface area (Å²) < 4.78 is 11.9. The summed E-state index contributed by atoms with van der Waals surface area (Å²) in [6.07, 6.45) is 3.53. The van der Waals surface area contributed by atoms with Gasteiger partial charge in [0.2, 0.25) is 5.13 Å². The minimum atomic E-state index is -0.135. The number of aromatic nitrogens is 1. The Kier molecular flexibility index (Phi) is 9.01. The lowest BCUT2D eigenvalue weighted by Gasteiger charge is -2.13. The summed E-state index contributed by atoms with van der Waals surface area (Å²) in [4.78, 5) is 24.9. The van der Waals surface area contributed by atoms with Crippen LogP contribution in [0.25, 0.3) is 17.3 Å². The molecule has 202 valence electrons. The number of hydrogen-bond acceptors (Lipinski definition) is 7. The number of rotatable bonds is 10. The number of benzene rings is 3. The van der Waals surface area contributed by atoms with Crippen LogP contribution in [0.15, 0.2) is 101 Å². The van der Waals surface area contributed by atoms with Gasteiger partial charge in [-0.2, -0.15) is 4.99 Å². The van der Waals surface area contributed by atoms with Crippen molar-refractivity contribution in [2.45, 2.75) is 13.5 Å². The van der Waals surface area contributed by atoms with Crippen molar-refractivity contribution in [3.05, 3.63) is 112 Å². The maximum Gasteiger partial charge on any atom is 0.267 e. The van der Waals surface area contributed by atoms with Crippen molar-refractivity contribution in [1.82, 2.24) is 9.88 Å². The maximum atomic E-state index is 13.3.